The number of likely N-dealkylation sites (tertiary alicyclic amines) is 1. The maximum absolute atomic E-state index is 13.1. The van der Waals surface area contributed by atoms with Crippen LogP contribution in [0, 0.1) is 5.82 Å². The van der Waals surface area contributed by atoms with Crippen molar-refractivity contribution in [2.45, 2.75) is 25.4 Å². The van der Waals surface area contributed by atoms with Crippen molar-refractivity contribution in [1.29, 1.82) is 0 Å². The number of hydrogen-bond donors (Lipinski definition) is 1. The summed E-state index contributed by atoms with van der Waals surface area (Å²) in [6.45, 7) is 3.04. The third-order valence-electron chi connectivity index (χ3n) is 4.85. The Hall–Kier alpha value is -2.46. The van der Waals surface area contributed by atoms with Gasteiger partial charge < -0.3 is 5.32 Å². The van der Waals surface area contributed by atoms with Crippen molar-refractivity contribution in [1.82, 2.24) is 9.88 Å². The van der Waals surface area contributed by atoms with Gasteiger partial charge in [-0.3, -0.25) is 9.88 Å². The molecule has 4 rings (SSSR count). The van der Waals surface area contributed by atoms with Gasteiger partial charge in [0.05, 0.1) is 5.52 Å². The van der Waals surface area contributed by atoms with Crippen molar-refractivity contribution in [2.24, 2.45) is 0 Å². The molecule has 1 aromatic heterocycles. The van der Waals surface area contributed by atoms with E-state index in [4.69, 9.17) is 0 Å². The molecule has 1 aliphatic rings. The van der Waals surface area contributed by atoms with E-state index in [1.807, 2.05) is 24.4 Å². The Morgan fingerprint density at radius 2 is 1.96 bits per heavy atom. The molecular formula is C21H22FN3. The van der Waals surface area contributed by atoms with Crippen LogP contribution in [0.4, 0.5) is 10.1 Å². The number of rotatable bonds is 4. The topological polar surface area (TPSA) is 28.2 Å². The van der Waals surface area contributed by atoms with Gasteiger partial charge in [0, 0.05) is 36.4 Å². The summed E-state index contributed by atoms with van der Waals surface area (Å²) in [5, 5.41) is 4.78. The molecule has 1 aliphatic heterocycles. The van der Waals surface area contributed by atoms with E-state index in [1.54, 1.807) is 0 Å². The summed E-state index contributed by atoms with van der Waals surface area (Å²) in [6.07, 6.45) is 4.16. The summed E-state index contributed by atoms with van der Waals surface area (Å²) in [5.41, 5.74) is 3.37. The van der Waals surface area contributed by atoms with E-state index in [9.17, 15) is 4.39 Å². The minimum absolute atomic E-state index is 0.194. The fraction of sp³-hybridized carbons (Fsp3) is 0.286. The molecule has 128 valence electrons. The highest BCUT2D eigenvalue weighted by molar-refractivity contribution is 5.81. The van der Waals surface area contributed by atoms with Gasteiger partial charge in [0.2, 0.25) is 0 Å². The van der Waals surface area contributed by atoms with E-state index in [0.29, 0.717) is 6.04 Å². The van der Waals surface area contributed by atoms with E-state index in [0.717, 1.165) is 37.3 Å². The number of halogens is 1. The van der Waals surface area contributed by atoms with Gasteiger partial charge in [0.25, 0.3) is 0 Å². The molecule has 1 N–H and O–H groups in total. The minimum atomic E-state index is -0.194. The number of aromatic nitrogens is 1. The van der Waals surface area contributed by atoms with Crippen LogP contribution in [0.5, 0.6) is 0 Å². The second kappa shape index (κ2) is 7.19. The Labute approximate surface area is 147 Å². The molecule has 1 fully saturated rings. The first-order valence-electron chi connectivity index (χ1n) is 8.85. The molecule has 4 heteroatoms. The molecule has 0 saturated carbocycles. The average Bonchev–Trinajstić information content (AvgIpc) is 2.64. The van der Waals surface area contributed by atoms with E-state index in [1.165, 1.54) is 29.5 Å². The lowest BCUT2D eigenvalue weighted by molar-refractivity contribution is 0.209. The number of piperidine rings is 1. The number of fused-ring (bicyclic) bond motifs is 1. The molecule has 0 unspecified atom stereocenters. The number of anilines is 1. The molecule has 0 bridgehead atoms. The predicted molar refractivity (Wildman–Crippen MR) is 100 cm³/mol. The van der Waals surface area contributed by atoms with Crippen LogP contribution in [0.25, 0.3) is 10.9 Å². The molecule has 2 heterocycles. The molecule has 0 radical (unpaired) electrons. The Morgan fingerprint density at radius 3 is 2.84 bits per heavy atom. The maximum Gasteiger partial charge on any atom is 0.123 e. The number of nitrogens with zero attached hydrogens (tertiary/aromatic N) is 2. The highest BCUT2D eigenvalue weighted by Crippen LogP contribution is 2.22. The van der Waals surface area contributed by atoms with Gasteiger partial charge in [-0.1, -0.05) is 18.2 Å². The molecule has 0 aliphatic carbocycles. The van der Waals surface area contributed by atoms with E-state index in [2.05, 4.69) is 39.5 Å². The highest BCUT2D eigenvalue weighted by Gasteiger charge is 2.20. The lowest BCUT2D eigenvalue weighted by Gasteiger charge is -2.34. The minimum Gasteiger partial charge on any atom is -0.381 e. The first-order chi connectivity index (χ1) is 12.3. The lowest BCUT2D eigenvalue weighted by atomic mass is 10.0. The largest absolute Gasteiger partial charge is 0.381 e. The van der Waals surface area contributed by atoms with Crippen LogP contribution in [0.15, 0.2) is 60.8 Å². The van der Waals surface area contributed by atoms with Gasteiger partial charge in [-0.15, -0.1) is 0 Å². The average molecular weight is 335 g/mol. The number of nitrogens with one attached hydrogen (secondary N) is 1. The summed E-state index contributed by atoms with van der Waals surface area (Å²) in [6, 6.07) is 17.5. The van der Waals surface area contributed by atoms with Crippen molar-refractivity contribution in [3.63, 3.8) is 0 Å². The van der Waals surface area contributed by atoms with Crippen LogP contribution < -0.4 is 5.32 Å². The van der Waals surface area contributed by atoms with Crippen molar-refractivity contribution < 1.29 is 4.39 Å². The molecule has 0 amide bonds. The van der Waals surface area contributed by atoms with Crippen LogP contribution in [0.3, 0.4) is 0 Å². The Morgan fingerprint density at radius 1 is 1.08 bits per heavy atom. The maximum atomic E-state index is 13.1. The van der Waals surface area contributed by atoms with Crippen LogP contribution in [0.1, 0.15) is 18.4 Å². The predicted octanol–water partition coefficient (Wildman–Crippen LogP) is 4.45. The monoisotopic (exact) mass is 335 g/mol. The second-order valence-electron chi connectivity index (χ2n) is 6.71. The molecule has 0 spiro atoms. The van der Waals surface area contributed by atoms with Crippen molar-refractivity contribution >= 4 is 16.6 Å². The lowest BCUT2D eigenvalue weighted by Crippen LogP contribution is -2.41. The first kappa shape index (κ1) is 16.0. The zero-order valence-electron chi connectivity index (χ0n) is 14.2. The van der Waals surface area contributed by atoms with Crippen molar-refractivity contribution in [2.75, 3.05) is 18.4 Å². The normalized spacial score (nSPS) is 18.4. The molecule has 1 saturated heterocycles. The van der Waals surface area contributed by atoms with Crippen LogP contribution >= 0.6 is 0 Å². The summed E-state index contributed by atoms with van der Waals surface area (Å²) in [7, 11) is 0. The fourth-order valence-corrected chi connectivity index (χ4v) is 3.64. The zero-order chi connectivity index (χ0) is 17.1. The van der Waals surface area contributed by atoms with Gasteiger partial charge >= 0.3 is 0 Å². The second-order valence-corrected chi connectivity index (χ2v) is 6.71. The van der Waals surface area contributed by atoms with E-state index >= 15 is 0 Å². The van der Waals surface area contributed by atoms with Crippen LogP contribution in [0.2, 0.25) is 0 Å². The molecular weight excluding hydrogens is 313 g/mol. The number of hydrogen-bond acceptors (Lipinski definition) is 3. The third kappa shape index (κ3) is 3.80. The summed E-state index contributed by atoms with van der Waals surface area (Å²) < 4.78 is 13.1. The van der Waals surface area contributed by atoms with E-state index in [-0.39, 0.29) is 5.82 Å². The van der Waals surface area contributed by atoms with Crippen molar-refractivity contribution in [3.05, 3.63) is 72.2 Å². The first-order valence-corrected chi connectivity index (χ1v) is 8.85. The van der Waals surface area contributed by atoms with E-state index < -0.39 is 0 Å². The highest BCUT2D eigenvalue weighted by atomic mass is 19.1. The quantitative estimate of drug-likeness (QED) is 0.763. The number of benzene rings is 2. The van der Waals surface area contributed by atoms with Gasteiger partial charge in [0.1, 0.15) is 5.82 Å². The molecule has 3 aromatic rings. The summed E-state index contributed by atoms with van der Waals surface area (Å²) >= 11 is 0. The smallest absolute Gasteiger partial charge is 0.123 e. The Kier molecular flexibility index (Phi) is 4.61. The number of pyridine rings is 1. The van der Waals surface area contributed by atoms with Crippen molar-refractivity contribution in [3.8, 4) is 0 Å². The summed E-state index contributed by atoms with van der Waals surface area (Å²) in [5.74, 6) is -0.194. The SMILES string of the molecule is Fc1ccc(N[C@H]2CCCN(Cc3cccc4ncccc34)C2)cc1. The van der Waals surface area contributed by atoms with Crippen LogP contribution in [-0.4, -0.2) is 29.0 Å². The fourth-order valence-electron chi connectivity index (χ4n) is 3.64. The van der Waals surface area contributed by atoms with Crippen LogP contribution in [-0.2, 0) is 6.54 Å². The summed E-state index contributed by atoms with van der Waals surface area (Å²) in [4.78, 5) is 6.94. The Bertz CT molecular complexity index is 842. The molecule has 25 heavy (non-hydrogen) atoms. The third-order valence-corrected chi connectivity index (χ3v) is 4.85. The van der Waals surface area contributed by atoms with Gasteiger partial charge in [-0.05, 0) is 61.3 Å². The zero-order valence-corrected chi connectivity index (χ0v) is 14.2. The van der Waals surface area contributed by atoms with Gasteiger partial charge in [0.15, 0.2) is 0 Å². The van der Waals surface area contributed by atoms with Gasteiger partial charge in [-0.25, -0.2) is 4.39 Å². The van der Waals surface area contributed by atoms with Gasteiger partial charge in [-0.2, -0.15) is 0 Å². The molecule has 3 nitrogen and oxygen atoms in total. The molecule has 2 aromatic carbocycles. The Balaban J connectivity index is 1.45. The molecule has 1 atom stereocenters. The standard InChI is InChI=1S/C21H22FN3/c22-17-8-10-18(11-9-17)24-19-5-3-13-25(15-19)14-16-4-1-7-21-20(16)6-2-12-23-21/h1-2,4,6-12,19,24H,3,5,13-15H2/t19-/m0/s1.